The van der Waals surface area contributed by atoms with Crippen molar-refractivity contribution in [3.05, 3.63) is 34.5 Å². The molecule has 1 N–H and O–H groups in total. The summed E-state index contributed by atoms with van der Waals surface area (Å²) in [5, 5.41) is 10.3. The highest BCUT2D eigenvalue weighted by Gasteiger charge is 2.22. The molecule has 0 fully saturated rings. The Labute approximate surface area is 124 Å². The van der Waals surface area contributed by atoms with Gasteiger partial charge in [-0.25, -0.2) is 4.79 Å². The van der Waals surface area contributed by atoms with Crippen LogP contribution in [0.4, 0.5) is 0 Å². The second kappa shape index (κ2) is 5.35. The first-order valence-corrected chi connectivity index (χ1v) is 7.20. The van der Waals surface area contributed by atoms with Gasteiger partial charge in [-0.1, -0.05) is 13.8 Å². The zero-order valence-electron chi connectivity index (χ0n) is 13.2. The number of aromatic carboxylic acids is 1. The van der Waals surface area contributed by atoms with Gasteiger partial charge in [-0.2, -0.15) is 0 Å². The number of Topliss-reactive ketones (excluding diaryl/α,β-unsaturated/α-hetero) is 1. The van der Waals surface area contributed by atoms with Gasteiger partial charge in [0, 0.05) is 23.2 Å². The fourth-order valence-corrected chi connectivity index (χ4v) is 2.97. The van der Waals surface area contributed by atoms with E-state index in [4.69, 9.17) is 0 Å². The van der Waals surface area contributed by atoms with Crippen molar-refractivity contribution >= 4 is 22.7 Å². The summed E-state index contributed by atoms with van der Waals surface area (Å²) in [5.74, 6) is -0.774. The SMILES string of the molecule is CCn1c(C)c(C(C)=O)c2cc(C(C)C)cc(C(=O)O)c21. The lowest BCUT2D eigenvalue weighted by Crippen LogP contribution is -2.05. The number of carbonyl (C=O) groups excluding carboxylic acids is 1. The van der Waals surface area contributed by atoms with Crippen LogP contribution in [0.15, 0.2) is 12.1 Å². The normalized spacial score (nSPS) is 11.3. The van der Waals surface area contributed by atoms with E-state index in [0.29, 0.717) is 17.6 Å². The number of carboxylic acid groups (broad SMARTS) is 1. The van der Waals surface area contributed by atoms with E-state index in [9.17, 15) is 14.7 Å². The molecule has 0 spiro atoms. The number of ketones is 1. The van der Waals surface area contributed by atoms with Gasteiger partial charge in [0.15, 0.2) is 5.78 Å². The van der Waals surface area contributed by atoms with Crippen molar-refractivity contribution in [2.24, 2.45) is 0 Å². The van der Waals surface area contributed by atoms with Crippen LogP contribution >= 0.6 is 0 Å². The summed E-state index contributed by atoms with van der Waals surface area (Å²) in [6, 6.07) is 3.69. The first-order valence-electron chi connectivity index (χ1n) is 7.20. The van der Waals surface area contributed by atoms with E-state index in [1.807, 2.05) is 38.3 Å². The van der Waals surface area contributed by atoms with Gasteiger partial charge in [0.25, 0.3) is 0 Å². The van der Waals surface area contributed by atoms with Crippen molar-refractivity contribution < 1.29 is 14.7 Å². The third-order valence-corrected chi connectivity index (χ3v) is 4.00. The van der Waals surface area contributed by atoms with Crippen molar-refractivity contribution in [2.45, 2.75) is 47.1 Å². The van der Waals surface area contributed by atoms with E-state index >= 15 is 0 Å². The Morgan fingerprint density at radius 1 is 1.29 bits per heavy atom. The fourth-order valence-electron chi connectivity index (χ4n) is 2.97. The molecule has 4 heteroatoms. The molecule has 0 atom stereocenters. The van der Waals surface area contributed by atoms with Gasteiger partial charge in [0.1, 0.15) is 0 Å². The summed E-state index contributed by atoms with van der Waals surface area (Å²) >= 11 is 0. The molecule has 0 aliphatic rings. The lowest BCUT2D eigenvalue weighted by Gasteiger charge is -2.11. The Morgan fingerprint density at radius 2 is 1.90 bits per heavy atom. The zero-order valence-corrected chi connectivity index (χ0v) is 13.2. The molecule has 0 aliphatic heterocycles. The van der Waals surface area contributed by atoms with E-state index in [2.05, 4.69) is 0 Å². The van der Waals surface area contributed by atoms with Gasteiger partial charge in [0.05, 0.1) is 11.1 Å². The number of fused-ring (bicyclic) bond motifs is 1. The first-order chi connectivity index (χ1) is 9.79. The third kappa shape index (κ3) is 2.35. The molecule has 112 valence electrons. The molecule has 0 amide bonds. The Kier molecular flexibility index (Phi) is 3.90. The Morgan fingerprint density at radius 3 is 2.33 bits per heavy atom. The molecule has 1 aromatic carbocycles. The number of nitrogens with zero attached hydrogens (tertiary/aromatic N) is 1. The minimum absolute atomic E-state index is 0.0260. The van der Waals surface area contributed by atoms with Gasteiger partial charge in [-0.05, 0) is 44.4 Å². The average Bonchev–Trinajstić information content (AvgIpc) is 2.68. The van der Waals surface area contributed by atoms with Crippen molar-refractivity contribution in [3.8, 4) is 0 Å². The summed E-state index contributed by atoms with van der Waals surface area (Å²) in [5.41, 5.74) is 3.33. The van der Waals surface area contributed by atoms with E-state index in [0.717, 1.165) is 16.6 Å². The molecule has 0 saturated heterocycles. The standard InChI is InChI=1S/C17H21NO3/c1-6-18-10(4)15(11(5)19)13-7-12(9(2)3)8-14(16(13)18)17(20)21/h7-9H,6H2,1-5H3,(H,20,21). The van der Waals surface area contributed by atoms with Gasteiger partial charge >= 0.3 is 5.97 Å². The smallest absolute Gasteiger partial charge is 0.337 e. The van der Waals surface area contributed by atoms with Crippen LogP contribution in [-0.2, 0) is 6.54 Å². The quantitative estimate of drug-likeness (QED) is 0.865. The van der Waals surface area contributed by atoms with Crippen LogP contribution in [0.5, 0.6) is 0 Å². The van der Waals surface area contributed by atoms with Crippen molar-refractivity contribution in [1.29, 1.82) is 0 Å². The second-order valence-corrected chi connectivity index (χ2v) is 5.69. The Bertz CT molecular complexity index is 738. The zero-order chi connectivity index (χ0) is 15.9. The predicted octanol–water partition coefficient (Wildman–Crippen LogP) is 3.99. The average molecular weight is 287 g/mol. The van der Waals surface area contributed by atoms with Crippen molar-refractivity contribution in [3.63, 3.8) is 0 Å². The van der Waals surface area contributed by atoms with Crippen molar-refractivity contribution in [1.82, 2.24) is 4.57 Å². The molecular formula is C17H21NO3. The number of aromatic nitrogens is 1. The van der Waals surface area contributed by atoms with Crippen LogP contribution in [-0.4, -0.2) is 21.4 Å². The molecule has 0 saturated carbocycles. The maximum Gasteiger partial charge on any atom is 0.337 e. The van der Waals surface area contributed by atoms with E-state index in [-0.39, 0.29) is 17.3 Å². The maximum absolute atomic E-state index is 12.0. The maximum atomic E-state index is 12.0. The number of aryl methyl sites for hydroxylation is 1. The molecular weight excluding hydrogens is 266 g/mol. The minimum Gasteiger partial charge on any atom is -0.478 e. The number of hydrogen-bond acceptors (Lipinski definition) is 2. The monoisotopic (exact) mass is 287 g/mol. The summed E-state index contributed by atoms with van der Waals surface area (Å²) in [6.45, 7) is 10.0. The molecule has 0 unspecified atom stereocenters. The van der Waals surface area contributed by atoms with E-state index in [1.165, 1.54) is 6.92 Å². The molecule has 1 heterocycles. The number of carbonyl (C=O) groups is 2. The van der Waals surface area contributed by atoms with Gasteiger partial charge in [-0.3, -0.25) is 4.79 Å². The topological polar surface area (TPSA) is 59.3 Å². The second-order valence-electron chi connectivity index (χ2n) is 5.69. The molecule has 2 aromatic rings. The molecule has 0 bridgehead atoms. The number of rotatable bonds is 4. The van der Waals surface area contributed by atoms with Gasteiger partial charge < -0.3 is 9.67 Å². The lowest BCUT2D eigenvalue weighted by molar-refractivity contribution is 0.0698. The highest BCUT2D eigenvalue weighted by atomic mass is 16.4. The molecule has 2 rings (SSSR count). The van der Waals surface area contributed by atoms with Crippen LogP contribution < -0.4 is 0 Å². The molecule has 0 aliphatic carbocycles. The summed E-state index contributed by atoms with van der Waals surface area (Å²) in [4.78, 5) is 23.7. The highest BCUT2D eigenvalue weighted by molar-refractivity contribution is 6.13. The molecule has 21 heavy (non-hydrogen) atoms. The van der Waals surface area contributed by atoms with E-state index < -0.39 is 5.97 Å². The minimum atomic E-state index is -0.954. The van der Waals surface area contributed by atoms with Gasteiger partial charge in [-0.15, -0.1) is 0 Å². The van der Waals surface area contributed by atoms with Crippen molar-refractivity contribution in [2.75, 3.05) is 0 Å². The number of hydrogen-bond donors (Lipinski definition) is 1. The fraction of sp³-hybridized carbons (Fsp3) is 0.412. The summed E-state index contributed by atoms with van der Waals surface area (Å²) < 4.78 is 1.92. The Hall–Kier alpha value is -2.10. The molecule has 1 aromatic heterocycles. The van der Waals surface area contributed by atoms with Crippen LogP contribution in [0.2, 0.25) is 0 Å². The Balaban J connectivity index is 3.03. The van der Waals surface area contributed by atoms with Crippen LogP contribution in [0.25, 0.3) is 10.9 Å². The predicted molar refractivity (Wildman–Crippen MR) is 83.4 cm³/mol. The number of carboxylic acids is 1. The largest absolute Gasteiger partial charge is 0.478 e. The van der Waals surface area contributed by atoms with Crippen LogP contribution in [0.3, 0.4) is 0 Å². The van der Waals surface area contributed by atoms with Gasteiger partial charge in [0.2, 0.25) is 0 Å². The summed E-state index contributed by atoms with van der Waals surface area (Å²) in [7, 11) is 0. The first kappa shape index (κ1) is 15.3. The molecule has 0 radical (unpaired) electrons. The van der Waals surface area contributed by atoms with Crippen LogP contribution in [0, 0.1) is 6.92 Å². The third-order valence-electron chi connectivity index (χ3n) is 4.00. The lowest BCUT2D eigenvalue weighted by atomic mass is 9.96. The summed E-state index contributed by atoms with van der Waals surface area (Å²) in [6.07, 6.45) is 0. The van der Waals surface area contributed by atoms with E-state index in [1.54, 1.807) is 6.07 Å². The highest BCUT2D eigenvalue weighted by Crippen LogP contribution is 2.32. The number of benzene rings is 1. The molecule has 4 nitrogen and oxygen atoms in total. The van der Waals surface area contributed by atoms with Crippen LogP contribution in [0.1, 0.15) is 65.6 Å².